The zero-order valence-electron chi connectivity index (χ0n) is 12.5. The smallest absolute Gasteiger partial charge is 0.221 e. The van der Waals surface area contributed by atoms with E-state index in [0.29, 0.717) is 11.4 Å². The molecule has 1 amide bonds. The maximum atomic E-state index is 11.1. The summed E-state index contributed by atoms with van der Waals surface area (Å²) in [5, 5.41) is 6.17. The second kappa shape index (κ2) is 6.79. The normalized spacial score (nSPS) is 11.6. The van der Waals surface area contributed by atoms with Crippen LogP contribution in [0.3, 0.4) is 0 Å². The lowest BCUT2D eigenvalue weighted by molar-refractivity contribution is -0.114. The molecule has 4 heteroatoms. The van der Waals surface area contributed by atoms with Gasteiger partial charge in [-0.3, -0.25) is 4.79 Å². The van der Waals surface area contributed by atoms with Gasteiger partial charge >= 0.3 is 0 Å². The summed E-state index contributed by atoms with van der Waals surface area (Å²) < 4.78 is 5.32. The standard InChI is InChI=1S/C17H20N2O2/c1-12(14-7-5-4-6-8-14)18-15-9-10-16(19-13(2)20)17(11-15)21-3/h4-12,18H,1-3H3,(H,19,20). The lowest BCUT2D eigenvalue weighted by atomic mass is 10.1. The van der Waals surface area contributed by atoms with Crippen LogP contribution in [0.4, 0.5) is 11.4 Å². The number of amides is 1. The summed E-state index contributed by atoms with van der Waals surface area (Å²) in [5.74, 6) is 0.516. The van der Waals surface area contributed by atoms with Gasteiger partial charge in [-0.15, -0.1) is 0 Å². The monoisotopic (exact) mass is 284 g/mol. The Bertz CT molecular complexity index is 611. The van der Waals surface area contributed by atoms with Crippen LogP contribution in [0.2, 0.25) is 0 Å². The van der Waals surface area contributed by atoms with Crippen LogP contribution in [0.25, 0.3) is 0 Å². The highest BCUT2D eigenvalue weighted by Crippen LogP contribution is 2.29. The van der Waals surface area contributed by atoms with E-state index >= 15 is 0 Å². The van der Waals surface area contributed by atoms with E-state index in [1.165, 1.54) is 12.5 Å². The largest absolute Gasteiger partial charge is 0.494 e. The molecular formula is C17H20N2O2. The molecule has 1 atom stereocenters. The lowest BCUT2D eigenvalue weighted by Crippen LogP contribution is -2.09. The van der Waals surface area contributed by atoms with Gasteiger partial charge in [0.1, 0.15) is 5.75 Å². The molecule has 2 aromatic carbocycles. The van der Waals surface area contributed by atoms with Crippen molar-refractivity contribution in [3.8, 4) is 5.75 Å². The van der Waals surface area contributed by atoms with E-state index in [4.69, 9.17) is 4.74 Å². The van der Waals surface area contributed by atoms with Crippen molar-refractivity contribution in [3.63, 3.8) is 0 Å². The van der Waals surface area contributed by atoms with Crippen molar-refractivity contribution < 1.29 is 9.53 Å². The number of anilines is 2. The molecule has 0 aromatic heterocycles. The van der Waals surface area contributed by atoms with Crippen LogP contribution in [0, 0.1) is 0 Å². The number of hydrogen-bond acceptors (Lipinski definition) is 3. The molecule has 0 aliphatic rings. The molecule has 0 radical (unpaired) electrons. The number of rotatable bonds is 5. The lowest BCUT2D eigenvalue weighted by Gasteiger charge is -2.17. The fourth-order valence-corrected chi connectivity index (χ4v) is 2.15. The van der Waals surface area contributed by atoms with Gasteiger partial charge in [0.25, 0.3) is 0 Å². The highest BCUT2D eigenvalue weighted by Gasteiger charge is 2.08. The van der Waals surface area contributed by atoms with Crippen molar-refractivity contribution in [2.75, 3.05) is 17.7 Å². The van der Waals surface area contributed by atoms with Crippen LogP contribution in [-0.2, 0) is 4.79 Å². The summed E-state index contributed by atoms with van der Waals surface area (Å²) in [5.41, 5.74) is 2.82. The van der Waals surface area contributed by atoms with Crippen molar-refractivity contribution >= 4 is 17.3 Å². The summed E-state index contributed by atoms with van der Waals surface area (Å²) in [6.07, 6.45) is 0. The van der Waals surface area contributed by atoms with Gasteiger partial charge in [-0.2, -0.15) is 0 Å². The Kier molecular flexibility index (Phi) is 4.82. The Morgan fingerprint density at radius 2 is 1.86 bits per heavy atom. The Labute approximate surface area is 125 Å². The Hall–Kier alpha value is -2.49. The summed E-state index contributed by atoms with van der Waals surface area (Å²) in [6, 6.07) is 16.0. The highest BCUT2D eigenvalue weighted by molar-refractivity contribution is 5.90. The van der Waals surface area contributed by atoms with E-state index in [9.17, 15) is 4.79 Å². The highest BCUT2D eigenvalue weighted by atomic mass is 16.5. The van der Waals surface area contributed by atoms with Crippen molar-refractivity contribution in [1.82, 2.24) is 0 Å². The minimum atomic E-state index is -0.119. The van der Waals surface area contributed by atoms with Crippen LogP contribution in [-0.4, -0.2) is 13.0 Å². The molecule has 110 valence electrons. The minimum Gasteiger partial charge on any atom is -0.494 e. The van der Waals surface area contributed by atoms with Gasteiger partial charge in [0.15, 0.2) is 0 Å². The Balaban J connectivity index is 2.15. The summed E-state index contributed by atoms with van der Waals surface area (Å²) in [6.45, 7) is 3.58. The first kappa shape index (κ1) is 14.9. The SMILES string of the molecule is COc1cc(NC(C)c2ccccc2)ccc1NC(C)=O. The maximum Gasteiger partial charge on any atom is 0.221 e. The fourth-order valence-electron chi connectivity index (χ4n) is 2.15. The number of hydrogen-bond donors (Lipinski definition) is 2. The molecule has 0 bridgehead atoms. The molecule has 4 nitrogen and oxygen atoms in total. The third-order valence-electron chi connectivity index (χ3n) is 3.19. The first-order chi connectivity index (χ1) is 10.1. The first-order valence-electron chi connectivity index (χ1n) is 6.87. The van der Waals surface area contributed by atoms with Gasteiger partial charge < -0.3 is 15.4 Å². The molecule has 2 N–H and O–H groups in total. The number of nitrogens with one attached hydrogen (secondary N) is 2. The summed E-state index contributed by atoms with van der Waals surface area (Å²) in [4.78, 5) is 11.1. The van der Waals surface area contributed by atoms with Crippen molar-refractivity contribution in [1.29, 1.82) is 0 Å². The first-order valence-corrected chi connectivity index (χ1v) is 6.87. The third kappa shape index (κ3) is 3.99. The van der Waals surface area contributed by atoms with E-state index in [2.05, 4.69) is 29.7 Å². The Morgan fingerprint density at radius 1 is 1.14 bits per heavy atom. The molecule has 21 heavy (non-hydrogen) atoms. The minimum absolute atomic E-state index is 0.119. The molecule has 1 unspecified atom stereocenters. The van der Waals surface area contributed by atoms with E-state index in [-0.39, 0.29) is 11.9 Å². The zero-order valence-corrected chi connectivity index (χ0v) is 12.5. The van der Waals surface area contributed by atoms with Crippen LogP contribution in [0.15, 0.2) is 48.5 Å². The van der Waals surface area contributed by atoms with Crippen molar-refractivity contribution in [2.45, 2.75) is 19.9 Å². The number of methoxy groups -OCH3 is 1. The van der Waals surface area contributed by atoms with Crippen molar-refractivity contribution in [3.05, 3.63) is 54.1 Å². The van der Waals surface area contributed by atoms with Crippen LogP contribution < -0.4 is 15.4 Å². The van der Waals surface area contributed by atoms with Crippen LogP contribution in [0.1, 0.15) is 25.5 Å². The average Bonchev–Trinajstić information content (AvgIpc) is 2.49. The molecule has 0 saturated carbocycles. The van der Waals surface area contributed by atoms with Gasteiger partial charge in [0, 0.05) is 24.7 Å². The molecule has 0 saturated heterocycles. The molecule has 0 aliphatic carbocycles. The quantitative estimate of drug-likeness (QED) is 0.877. The predicted molar refractivity (Wildman–Crippen MR) is 85.8 cm³/mol. The molecule has 2 rings (SSSR count). The van der Waals surface area contributed by atoms with Gasteiger partial charge in [0.05, 0.1) is 12.8 Å². The average molecular weight is 284 g/mol. The van der Waals surface area contributed by atoms with Gasteiger partial charge in [-0.05, 0) is 24.6 Å². The number of carbonyl (C=O) groups is 1. The number of ether oxygens (including phenoxy) is 1. The van der Waals surface area contributed by atoms with Crippen LogP contribution >= 0.6 is 0 Å². The second-order valence-electron chi connectivity index (χ2n) is 4.87. The van der Waals surface area contributed by atoms with E-state index in [1.54, 1.807) is 7.11 Å². The van der Waals surface area contributed by atoms with E-state index in [0.717, 1.165) is 5.69 Å². The fraction of sp³-hybridized carbons (Fsp3) is 0.235. The second-order valence-corrected chi connectivity index (χ2v) is 4.87. The molecular weight excluding hydrogens is 264 g/mol. The number of benzene rings is 2. The maximum absolute atomic E-state index is 11.1. The third-order valence-corrected chi connectivity index (χ3v) is 3.19. The Morgan fingerprint density at radius 3 is 2.48 bits per heavy atom. The molecule has 0 aliphatic heterocycles. The topological polar surface area (TPSA) is 50.4 Å². The molecule has 0 heterocycles. The molecule has 2 aromatic rings. The van der Waals surface area contributed by atoms with Crippen molar-refractivity contribution in [2.24, 2.45) is 0 Å². The number of carbonyl (C=O) groups excluding carboxylic acids is 1. The van der Waals surface area contributed by atoms with Gasteiger partial charge in [-0.25, -0.2) is 0 Å². The zero-order chi connectivity index (χ0) is 15.2. The predicted octanol–water partition coefficient (Wildman–Crippen LogP) is 3.83. The van der Waals surface area contributed by atoms with E-state index < -0.39 is 0 Å². The molecule has 0 spiro atoms. The van der Waals surface area contributed by atoms with Crippen LogP contribution in [0.5, 0.6) is 5.75 Å². The summed E-state index contributed by atoms with van der Waals surface area (Å²) in [7, 11) is 1.59. The van der Waals surface area contributed by atoms with E-state index in [1.807, 2.05) is 36.4 Å². The van der Waals surface area contributed by atoms with Gasteiger partial charge in [-0.1, -0.05) is 30.3 Å². The molecule has 0 fully saturated rings. The van der Waals surface area contributed by atoms with Gasteiger partial charge in [0.2, 0.25) is 5.91 Å². The summed E-state index contributed by atoms with van der Waals surface area (Å²) >= 11 is 0.